The van der Waals surface area contributed by atoms with E-state index >= 15 is 0 Å². The number of nitrogens with zero attached hydrogens (tertiary/aromatic N) is 5. The van der Waals surface area contributed by atoms with Gasteiger partial charge in [-0.2, -0.15) is 0 Å². The molecule has 45 heavy (non-hydrogen) atoms. The summed E-state index contributed by atoms with van der Waals surface area (Å²) in [6.07, 6.45) is 10.3. The lowest BCUT2D eigenvalue weighted by atomic mass is 9.87. The van der Waals surface area contributed by atoms with Crippen molar-refractivity contribution in [2.24, 2.45) is 27.4 Å². The van der Waals surface area contributed by atoms with E-state index in [0.717, 1.165) is 79.7 Å². The van der Waals surface area contributed by atoms with Crippen LogP contribution in [0.3, 0.4) is 0 Å². The fourth-order valence-corrected chi connectivity index (χ4v) is 7.95. The Bertz CT molecular complexity index is 1310. The van der Waals surface area contributed by atoms with Crippen LogP contribution in [0.25, 0.3) is 5.57 Å². The molecule has 1 aromatic carbocycles. The van der Waals surface area contributed by atoms with Crippen LogP contribution in [0, 0.1) is 5.92 Å². The number of methoxy groups -OCH3 is 1. The molecule has 4 saturated heterocycles. The first kappa shape index (κ1) is 31.9. The molecule has 5 aliphatic rings. The van der Waals surface area contributed by atoms with Crippen molar-refractivity contribution >= 4 is 22.8 Å². The molecule has 4 fully saturated rings. The number of anilines is 1. The quantitative estimate of drug-likeness (QED) is 0.381. The van der Waals surface area contributed by atoms with Crippen molar-refractivity contribution in [3.63, 3.8) is 0 Å². The molecule has 5 aliphatic heterocycles. The van der Waals surface area contributed by atoms with Gasteiger partial charge >= 0.3 is 0 Å². The average Bonchev–Trinajstić information content (AvgIpc) is 3.32. The number of nitrogens with one attached hydrogen (secondary N) is 1. The third kappa shape index (κ3) is 6.74. The lowest BCUT2D eigenvalue weighted by molar-refractivity contribution is 0.0802. The van der Waals surface area contributed by atoms with Crippen LogP contribution in [0.5, 0.6) is 5.75 Å². The summed E-state index contributed by atoms with van der Waals surface area (Å²) in [5, 5.41) is 3.65. The highest BCUT2D eigenvalue weighted by Crippen LogP contribution is 2.42. The molecular formula is C35H54N8O2. The Balaban J connectivity index is 1.28. The summed E-state index contributed by atoms with van der Waals surface area (Å²) in [5.41, 5.74) is 17.9. The molecule has 0 amide bonds. The number of nitrogens with two attached hydrogens (primary N) is 2. The minimum atomic E-state index is -0.102. The molecule has 10 heteroatoms. The van der Waals surface area contributed by atoms with Gasteiger partial charge in [-0.15, -0.1) is 0 Å². The maximum Gasteiger partial charge on any atom is 0.145 e. The van der Waals surface area contributed by atoms with E-state index in [0.29, 0.717) is 30.4 Å². The van der Waals surface area contributed by atoms with Crippen LogP contribution in [-0.2, 0) is 4.74 Å². The molecule has 246 valence electrons. The summed E-state index contributed by atoms with van der Waals surface area (Å²) < 4.78 is 11.7. The Morgan fingerprint density at radius 1 is 1.04 bits per heavy atom. The summed E-state index contributed by atoms with van der Waals surface area (Å²) in [5.74, 6) is 2.12. The molecule has 0 aromatic heterocycles. The molecule has 0 saturated carbocycles. The highest BCUT2D eigenvalue weighted by Gasteiger charge is 2.43. The van der Waals surface area contributed by atoms with Crippen LogP contribution in [0.1, 0.15) is 70.8 Å². The number of amidine groups is 1. The Labute approximate surface area is 269 Å². The Morgan fingerprint density at radius 3 is 2.40 bits per heavy atom. The molecule has 0 spiro atoms. The second-order valence-corrected chi connectivity index (χ2v) is 13.5. The first-order valence-corrected chi connectivity index (χ1v) is 17.2. The smallest absolute Gasteiger partial charge is 0.145 e. The third-order valence-electron chi connectivity index (χ3n) is 10.7. The van der Waals surface area contributed by atoms with Crippen molar-refractivity contribution in [2.75, 3.05) is 58.5 Å². The predicted molar refractivity (Wildman–Crippen MR) is 184 cm³/mol. The SMILES string of the molecule is CC/C(N)=C(/N=C1/C(c2ccc(N3C4CCC3CN(C3CCN(C)CC3)C4)c(OC)c2)=CN=C(N)C1CC)NC1CCOCC1. The zero-order valence-electron chi connectivity index (χ0n) is 27.8. The Hall–Kier alpha value is -3.08. The number of piperazine rings is 1. The van der Waals surface area contributed by atoms with Gasteiger partial charge in [0.1, 0.15) is 17.4 Å². The first-order chi connectivity index (χ1) is 21.9. The monoisotopic (exact) mass is 618 g/mol. The van der Waals surface area contributed by atoms with E-state index < -0.39 is 0 Å². The molecule has 1 aromatic rings. The number of hydrogen-bond donors (Lipinski definition) is 3. The van der Waals surface area contributed by atoms with Crippen LogP contribution >= 0.6 is 0 Å². The lowest BCUT2D eigenvalue weighted by Crippen LogP contribution is -2.58. The highest BCUT2D eigenvalue weighted by atomic mass is 16.5. The van der Waals surface area contributed by atoms with Gasteiger partial charge in [0, 0.05) is 62.2 Å². The molecule has 10 nitrogen and oxygen atoms in total. The van der Waals surface area contributed by atoms with E-state index in [2.05, 4.69) is 64.1 Å². The van der Waals surface area contributed by atoms with Gasteiger partial charge in [-0.3, -0.25) is 4.90 Å². The van der Waals surface area contributed by atoms with Gasteiger partial charge in [-0.25, -0.2) is 9.98 Å². The van der Waals surface area contributed by atoms with Gasteiger partial charge in [0.25, 0.3) is 0 Å². The summed E-state index contributed by atoms with van der Waals surface area (Å²) in [6, 6.07) is 8.66. The largest absolute Gasteiger partial charge is 0.495 e. The molecule has 3 unspecified atom stereocenters. The third-order valence-corrected chi connectivity index (χ3v) is 10.7. The molecule has 3 atom stereocenters. The maximum absolute atomic E-state index is 6.57. The summed E-state index contributed by atoms with van der Waals surface area (Å²) in [7, 11) is 4.03. The van der Waals surface area contributed by atoms with Crippen LogP contribution in [0.4, 0.5) is 5.69 Å². The zero-order chi connectivity index (χ0) is 31.5. The van der Waals surface area contributed by atoms with Crippen molar-refractivity contribution in [1.82, 2.24) is 15.1 Å². The fraction of sp³-hybridized carbons (Fsp3) is 0.657. The van der Waals surface area contributed by atoms with E-state index in [4.69, 9.17) is 25.9 Å². The second kappa shape index (κ2) is 14.1. The molecule has 0 radical (unpaired) electrons. The number of piperidine rings is 1. The van der Waals surface area contributed by atoms with Crippen molar-refractivity contribution < 1.29 is 9.47 Å². The Morgan fingerprint density at radius 2 is 1.76 bits per heavy atom. The van der Waals surface area contributed by atoms with E-state index in [1.165, 1.54) is 44.5 Å². The molecular weight excluding hydrogens is 564 g/mol. The van der Waals surface area contributed by atoms with Crippen LogP contribution in [-0.4, -0.2) is 99.1 Å². The zero-order valence-corrected chi connectivity index (χ0v) is 27.8. The van der Waals surface area contributed by atoms with Crippen molar-refractivity contribution in [2.45, 2.75) is 89.4 Å². The van der Waals surface area contributed by atoms with Crippen molar-refractivity contribution in [3.05, 3.63) is 41.5 Å². The molecule has 0 aliphatic carbocycles. The standard InChI is InChI=1S/C35H54N8O2/c1-5-28-33(40-35(30(36)6-2)39-24-13-17-45-18-14-24)29(20-38-34(28)37)23-7-10-31(32(19-23)44-4)43-26-8-9-27(43)22-42(21-26)25-11-15-41(3)16-12-25/h7,10,19-20,24-28,39H,5-6,8-9,11-18,21-22,36H2,1-4H3,(H2,37,38)/b35-30-,40-33+. The number of fused-ring (bicyclic) bond motifs is 2. The topological polar surface area (TPSA) is 117 Å². The normalized spacial score (nSPS) is 28.6. The molecule has 6 rings (SSSR count). The average molecular weight is 619 g/mol. The van der Waals surface area contributed by atoms with Crippen LogP contribution < -0.4 is 26.4 Å². The number of ether oxygens (including phenoxy) is 2. The predicted octanol–water partition coefficient (Wildman–Crippen LogP) is 3.93. The van der Waals surface area contributed by atoms with E-state index in [-0.39, 0.29) is 12.0 Å². The molecule has 2 bridgehead atoms. The Kier molecular flexibility index (Phi) is 10.0. The summed E-state index contributed by atoms with van der Waals surface area (Å²) >= 11 is 0. The van der Waals surface area contributed by atoms with Gasteiger partial charge in [0.15, 0.2) is 0 Å². The highest BCUT2D eigenvalue weighted by molar-refractivity contribution is 6.32. The van der Waals surface area contributed by atoms with E-state index in [1.54, 1.807) is 7.11 Å². The van der Waals surface area contributed by atoms with Gasteiger partial charge in [0.05, 0.1) is 30.1 Å². The van der Waals surface area contributed by atoms with E-state index in [1.807, 2.05) is 6.20 Å². The number of benzene rings is 1. The number of allylic oxidation sites excluding steroid dienone is 2. The minimum absolute atomic E-state index is 0.102. The van der Waals surface area contributed by atoms with Gasteiger partial charge in [-0.1, -0.05) is 19.9 Å². The number of hydrogen-bond acceptors (Lipinski definition) is 10. The molecule has 5 N–H and O–H groups in total. The minimum Gasteiger partial charge on any atom is -0.495 e. The van der Waals surface area contributed by atoms with Crippen molar-refractivity contribution in [3.8, 4) is 5.75 Å². The second-order valence-electron chi connectivity index (χ2n) is 13.5. The lowest BCUT2D eigenvalue weighted by Gasteiger charge is -2.47. The van der Waals surface area contributed by atoms with Crippen LogP contribution in [0.2, 0.25) is 0 Å². The van der Waals surface area contributed by atoms with Gasteiger partial charge < -0.3 is 36.1 Å². The summed E-state index contributed by atoms with van der Waals surface area (Å²) in [4.78, 5) is 17.8. The summed E-state index contributed by atoms with van der Waals surface area (Å²) in [6.45, 7) is 10.4. The first-order valence-electron chi connectivity index (χ1n) is 17.2. The number of likely N-dealkylation sites (tertiary alicyclic amines) is 2. The van der Waals surface area contributed by atoms with E-state index in [9.17, 15) is 0 Å². The number of aliphatic imine (C=N–C) groups is 2. The van der Waals surface area contributed by atoms with Crippen molar-refractivity contribution in [1.29, 1.82) is 0 Å². The number of rotatable bonds is 9. The fourth-order valence-electron chi connectivity index (χ4n) is 7.95. The molecule has 5 heterocycles. The van der Waals surface area contributed by atoms with Gasteiger partial charge in [0.2, 0.25) is 0 Å². The maximum atomic E-state index is 6.57. The van der Waals surface area contributed by atoms with Gasteiger partial charge in [-0.05, 0) is 89.2 Å². The van der Waals surface area contributed by atoms with Crippen LogP contribution in [0.15, 0.2) is 45.9 Å².